The number of benzene rings is 2. The van der Waals surface area contributed by atoms with E-state index in [0.29, 0.717) is 22.2 Å². The second-order valence-corrected chi connectivity index (χ2v) is 4.82. The summed E-state index contributed by atoms with van der Waals surface area (Å²) in [4.78, 5) is 11.9. The highest BCUT2D eigenvalue weighted by Crippen LogP contribution is 2.32. The fourth-order valence-electron chi connectivity index (χ4n) is 1.93. The van der Waals surface area contributed by atoms with E-state index in [1.165, 1.54) is 6.08 Å². The van der Waals surface area contributed by atoms with Crippen molar-refractivity contribution in [1.29, 1.82) is 0 Å². The molecule has 3 rings (SSSR count). The van der Waals surface area contributed by atoms with Crippen molar-refractivity contribution in [2.75, 3.05) is 12.1 Å². The number of carbonyl (C=O) groups excluding carboxylic acids is 1. The highest BCUT2D eigenvalue weighted by molar-refractivity contribution is 6.33. The molecular weight excluding hydrogens is 290 g/mol. The van der Waals surface area contributed by atoms with Crippen LogP contribution in [0.15, 0.2) is 48.5 Å². The van der Waals surface area contributed by atoms with E-state index in [4.69, 9.17) is 21.1 Å². The van der Waals surface area contributed by atoms with Crippen LogP contribution in [0.4, 0.5) is 5.69 Å². The summed E-state index contributed by atoms with van der Waals surface area (Å²) in [6, 6.07) is 12.6. The van der Waals surface area contributed by atoms with Crippen molar-refractivity contribution in [3.63, 3.8) is 0 Å². The van der Waals surface area contributed by atoms with Crippen molar-refractivity contribution in [3.05, 3.63) is 59.1 Å². The Morgan fingerprint density at radius 1 is 1.14 bits per heavy atom. The Balaban J connectivity index is 1.68. The van der Waals surface area contributed by atoms with Crippen LogP contribution in [0.2, 0.25) is 5.02 Å². The Hall–Kier alpha value is -2.46. The number of nitrogens with one attached hydrogen (secondary N) is 1. The first kappa shape index (κ1) is 13.5. The maximum absolute atomic E-state index is 11.9. The summed E-state index contributed by atoms with van der Waals surface area (Å²) in [6.45, 7) is 0.232. The minimum Gasteiger partial charge on any atom is -0.454 e. The van der Waals surface area contributed by atoms with Crippen LogP contribution in [-0.4, -0.2) is 12.7 Å². The van der Waals surface area contributed by atoms with Crippen molar-refractivity contribution in [3.8, 4) is 11.5 Å². The first-order valence-electron chi connectivity index (χ1n) is 6.35. The highest BCUT2D eigenvalue weighted by Gasteiger charge is 2.12. The molecule has 0 bridgehead atoms. The molecule has 1 amide bonds. The molecule has 1 N–H and O–H groups in total. The molecule has 2 aromatic carbocycles. The predicted octanol–water partition coefficient (Wildman–Crippen LogP) is 3.72. The zero-order valence-corrected chi connectivity index (χ0v) is 11.8. The molecule has 1 aliphatic rings. The lowest BCUT2D eigenvalue weighted by Gasteiger charge is -2.03. The number of fused-ring (bicyclic) bond motifs is 1. The Morgan fingerprint density at radius 3 is 2.81 bits per heavy atom. The number of ether oxygens (including phenoxy) is 2. The Kier molecular flexibility index (Phi) is 3.79. The summed E-state index contributed by atoms with van der Waals surface area (Å²) < 4.78 is 10.5. The van der Waals surface area contributed by atoms with E-state index in [0.717, 1.165) is 5.56 Å². The van der Waals surface area contributed by atoms with Gasteiger partial charge in [0.25, 0.3) is 0 Å². The molecule has 0 aromatic heterocycles. The van der Waals surface area contributed by atoms with Crippen LogP contribution in [0.1, 0.15) is 5.56 Å². The maximum atomic E-state index is 11.9. The van der Waals surface area contributed by atoms with Gasteiger partial charge in [0.1, 0.15) is 0 Å². The Morgan fingerprint density at radius 2 is 1.95 bits per heavy atom. The van der Waals surface area contributed by atoms with Gasteiger partial charge < -0.3 is 14.8 Å². The summed E-state index contributed by atoms with van der Waals surface area (Å²) in [6.07, 6.45) is 3.15. The van der Waals surface area contributed by atoms with Crippen LogP contribution in [0, 0.1) is 0 Å². The number of para-hydroxylation sites is 1. The number of anilines is 1. The van der Waals surface area contributed by atoms with Gasteiger partial charge in [-0.1, -0.05) is 29.8 Å². The molecule has 5 heteroatoms. The minimum atomic E-state index is -0.249. The largest absolute Gasteiger partial charge is 0.454 e. The average molecular weight is 302 g/mol. The van der Waals surface area contributed by atoms with Gasteiger partial charge in [0.15, 0.2) is 11.5 Å². The molecule has 1 aliphatic heterocycles. The predicted molar refractivity (Wildman–Crippen MR) is 81.7 cm³/mol. The molecule has 21 heavy (non-hydrogen) atoms. The summed E-state index contributed by atoms with van der Waals surface area (Å²) in [7, 11) is 0. The molecule has 0 atom stereocenters. The standard InChI is InChI=1S/C16H12ClNO3/c17-12-3-1-2-4-13(12)18-16(19)8-6-11-5-7-14-15(9-11)21-10-20-14/h1-9H,10H2,(H,18,19). The molecule has 1 heterocycles. The van der Waals surface area contributed by atoms with Gasteiger partial charge in [-0.2, -0.15) is 0 Å². The van der Waals surface area contributed by atoms with Crippen molar-refractivity contribution in [2.24, 2.45) is 0 Å². The van der Waals surface area contributed by atoms with Gasteiger partial charge in [-0.3, -0.25) is 4.79 Å². The smallest absolute Gasteiger partial charge is 0.248 e. The average Bonchev–Trinajstić information content (AvgIpc) is 2.95. The van der Waals surface area contributed by atoms with Crippen molar-refractivity contribution in [2.45, 2.75) is 0 Å². The lowest BCUT2D eigenvalue weighted by molar-refractivity contribution is -0.111. The van der Waals surface area contributed by atoms with Crippen LogP contribution in [-0.2, 0) is 4.79 Å². The van der Waals surface area contributed by atoms with Crippen molar-refractivity contribution >= 4 is 29.3 Å². The maximum Gasteiger partial charge on any atom is 0.248 e. The molecule has 4 nitrogen and oxygen atoms in total. The van der Waals surface area contributed by atoms with Crippen molar-refractivity contribution < 1.29 is 14.3 Å². The molecule has 0 aliphatic carbocycles. The third-order valence-electron chi connectivity index (χ3n) is 2.96. The number of hydrogen-bond acceptors (Lipinski definition) is 3. The van der Waals surface area contributed by atoms with Crippen molar-refractivity contribution in [1.82, 2.24) is 0 Å². The van der Waals surface area contributed by atoms with E-state index in [-0.39, 0.29) is 12.7 Å². The van der Waals surface area contributed by atoms with E-state index >= 15 is 0 Å². The number of amides is 1. The summed E-state index contributed by atoms with van der Waals surface area (Å²) in [5.74, 6) is 1.15. The molecule has 2 aromatic rings. The number of halogens is 1. The molecular formula is C16H12ClNO3. The molecule has 0 radical (unpaired) electrons. The van der Waals surface area contributed by atoms with Gasteiger partial charge in [0, 0.05) is 6.08 Å². The van der Waals surface area contributed by atoms with Gasteiger partial charge in [-0.05, 0) is 35.9 Å². The molecule has 0 unspecified atom stereocenters. The minimum absolute atomic E-state index is 0.232. The van der Waals surface area contributed by atoms with Gasteiger partial charge >= 0.3 is 0 Å². The Labute approximate surface area is 126 Å². The van der Waals surface area contributed by atoms with E-state index in [2.05, 4.69) is 5.32 Å². The summed E-state index contributed by atoms with van der Waals surface area (Å²) in [5.41, 5.74) is 1.44. The van der Waals surface area contributed by atoms with Crippen LogP contribution in [0.3, 0.4) is 0 Å². The van der Waals surface area contributed by atoms with Crippen LogP contribution >= 0.6 is 11.6 Å². The lowest BCUT2D eigenvalue weighted by Crippen LogP contribution is -2.07. The SMILES string of the molecule is O=C(C=Cc1ccc2c(c1)OCO2)Nc1ccccc1Cl. The normalized spacial score (nSPS) is 12.6. The quantitative estimate of drug-likeness (QED) is 0.879. The summed E-state index contributed by atoms with van der Waals surface area (Å²) in [5, 5.41) is 3.22. The van der Waals surface area contributed by atoms with Gasteiger partial charge in [0.2, 0.25) is 12.7 Å². The number of carbonyl (C=O) groups is 1. The molecule has 0 saturated heterocycles. The molecule has 0 saturated carbocycles. The van der Waals surface area contributed by atoms with Gasteiger partial charge in [-0.15, -0.1) is 0 Å². The fraction of sp³-hybridized carbons (Fsp3) is 0.0625. The van der Waals surface area contributed by atoms with Crippen LogP contribution < -0.4 is 14.8 Å². The third-order valence-corrected chi connectivity index (χ3v) is 3.29. The third kappa shape index (κ3) is 3.17. The lowest BCUT2D eigenvalue weighted by atomic mass is 10.2. The first-order valence-corrected chi connectivity index (χ1v) is 6.73. The molecule has 0 fully saturated rings. The molecule has 106 valence electrons. The van der Waals surface area contributed by atoms with E-state index in [1.54, 1.807) is 24.3 Å². The number of rotatable bonds is 3. The second-order valence-electron chi connectivity index (χ2n) is 4.42. The first-order chi connectivity index (χ1) is 10.2. The molecule has 0 spiro atoms. The van der Waals surface area contributed by atoms with Crippen LogP contribution in [0.25, 0.3) is 6.08 Å². The van der Waals surface area contributed by atoms with Gasteiger partial charge in [-0.25, -0.2) is 0 Å². The van der Waals surface area contributed by atoms with E-state index in [1.807, 2.05) is 24.3 Å². The van der Waals surface area contributed by atoms with E-state index in [9.17, 15) is 4.79 Å². The van der Waals surface area contributed by atoms with Crippen LogP contribution in [0.5, 0.6) is 11.5 Å². The second kappa shape index (κ2) is 5.89. The van der Waals surface area contributed by atoms with E-state index < -0.39 is 0 Å². The zero-order chi connectivity index (χ0) is 14.7. The fourth-order valence-corrected chi connectivity index (χ4v) is 2.11. The van der Waals surface area contributed by atoms with Gasteiger partial charge in [0.05, 0.1) is 10.7 Å². The topological polar surface area (TPSA) is 47.6 Å². The zero-order valence-electron chi connectivity index (χ0n) is 11.0. The summed E-state index contributed by atoms with van der Waals surface area (Å²) >= 11 is 5.98. The highest BCUT2D eigenvalue weighted by atomic mass is 35.5. The Bertz CT molecular complexity index is 712. The monoisotopic (exact) mass is 301 g/mol. The number of hydrogen-bond donors (Lipinski definition) is 1.